The average Bonchev–Trinajstić information content (AvgIpc) is 2.87. The molecule has 4 heteroatoms. The molecule has 1 aliphatic rings. The van der Waals surface area contributed by atoms with Crippen molar-refractivity contribution in [1.29, 1.82) is 0 Å². The SMILES string of the molecule is CC(NCc1ncc[nH]1)C1CCOC1. The van der Waals surface area contributed by atoms with Crippen LogP contribution in [0.15, 0.2) is 12.4 Å². The normalized spacial score (nSPS) is 23.9. The quantitative estimate of drug-likeness (QED) is 0.751. The molecule has 1 saturated heterocycles. The van der Waals surface area contributed by atoms with Crippen LogP contribution < -0.4 is 5.32 Å². The van der Waals surface area contributed by atoms with Gasteiger partial charge in [-0.25, -0.2) is 4.98 Å². The molecule has 4 nitrogen and oxygen atoms in total. The summed E-state index contributed by atoms with van der Waals surface area (Å²) in [5.41, 5.74) is 0. The number of aromatic amines is 1. The zero-order valence-corrected chi connectivity index (χ0v) is 8.49. The molecule has 2 atom stereocenters. The van der Waals surface area contributed by atoms with Gasteiger partial charge in [0.05, 0.1) is 13.2 Å². The lowest BCUT2D eigenvalue weighted by molar-refractivity contribution is 0.178. The Morgan fingerprint density at radius 3 is 3.36 bits per heavy atom. The Morgan fingerprint density at radius 1 is 1.79 bits per heavy atom. The first-order valence-corrected chi connectivity index (χ1v) is 5.15. The fraction of sp³-hybridized carbons (Fsp3) is 0.700. The van der Waals surface area contributed by atoms with Gasteiger partial charge in [0.25, 0.3) is 0 Å². The number of H-pyrrole nitrogens is 1. The molecule has 14 heavy (non-hydrogen) atoms. The van der Waals surface area contributed by atoms with Gasteiger partial charge in [-0.05, 0) is 19.3 Å². The minimum atomic E-state index is 0.502. The third-order valence-electron chi connectivity index (χ3n) is 2.82. The van der Waals surface area contributed by atoms with Crippen LogP contribution in [0.1, 0.15) is 19.2 Å². The second-order valence-electron chi connectivity index (χ2n) is 3.83. The van der Waals surface area contributed by atoms with Crippen molar-refractivity contribution in [3.05, 3.63) is 18.2 Å². The number of nitrogens with one attached hydrogen (secondary N) is 2. The Morgan fingerprint density at radius 2 is 2.71 bits per heavy atom. The Kier molecular flexibility index (Phi) is 3.16. The Hall–Kier alpha value is -0.870. The van der Waals surface area contributed by atoms with Gasteiger partial charge in [0, 0.05) is 25.0 Å². The summed E-state index contributed by atoms with van der Waals surface area (Å²) in [6, 6.07) is 0.502. The molecular formula is C10H17N3O. The Labute approximate surface area is 84.1 Å². The predicted molar refractivity (Wildman–Crippen MR) is 53.8 cm³/mol. The maximum absolute atomic E-state index is 5.35. The van der Waals surface area contributed by atoms with Crippen LogP contribution in [-0.4, -0.2) is 29.2 Å². The van der Waals surface area contributed by atoms with Gasteiger partial charge in [0.2, 0.25) is 0 Å². The third-order valence-corrected chi connectivity index (χ3v) is 2.82. The van der Waals surface area contributed by atoms with Crippen molar-refractivity contribution in [2.24, 2.45) is 5.92 Å². The van der Waals surface area contributed by atoms with E-state index >= 15 is 0 Å². The number of imidazole rings is 1. The van der Waals surface area contributed by atoms with Crippen molar-refractivity contribution in [2.75, 3.05) is 13.2 Å². The largest absolute Gasteiger partial charge is 0.381 e. The fourth-order valence-electron chi connectivity index (χ4n) is 1.77. The standard InChI is InChI=1S/C10H17N3O/c1-8(9-2-5-14-7-9)13-6-10-11-3-4-12-10/h3-4,8-9,13H,2,5-7H2,1H3,(H,11,12). The maximum atomic E-state index is 5.35. The lowest BCUT2D eigenvalue weighted by Gasteiger charge is -2.18. The highest BCUT2D eigenvalue weighted by molar-refractivity contribution is 4.87. The average molecular weight is 195 g/mol. The van der Waals surface area contributed by atoms with Gasteiger partial charge in [0.1, 0.15) is 5.82 Å². The van der Waals surface area contributed by atoms with Crippen molar-refractivity contribution >= 4 is 0 Å². The summed E-state index contributed by atoms with van der Waals surface area (Å²) in [6.45, 7) is 4.83. The summed E-state index contributed by atoms with van der Waals surface area (Å²) in [5.74, 6) is 1.65. The van der Waals surface area contributed by atoms with Crippen LogP contribution in [0.2, 0.25) is 0 Å². The summed E-state index contributed by atoms with van der Waals surface area (Å²) in [4.78, 5) is 7.24. The van der Waals surface area contributed by atoms with Crippen molar-refractivity contribution in [3.8, 4) is 0 Å². The van der Waals surface area contributed by atoms with Gasteiger partial charge < -0.3 is 15.0 Å². The molecule has 1 aromatic rings. The maximum Gasteiger partial charge on any atom is 0.120 e. The first-order chi connectivity index (χ1) is 6.86. The molecular weight excluding hydrogens is 178 g/mol. The topological polar surface area (TPSA) is 49.9 Å². The molecule has 1 aromatic heterocycles. The van der Waals surface area contributed by atoms with Crippen LogP contribution >= 0.6 is 0 Å². The highest BCUT2D eigenvalue weighted by atomic mass is 16.5. The van der Waals surface area contributed by atoms with E-state index in [4.69, 9.17) is 4.74 Å². The fourth-order valence-corrected chi connectivity index (χ4v) is 1.77. The van der Waals surface area contributed by atoms with Crippen molar-refractivity contribution in [3.63, 3.8) is 0 Å². The molecule has 78 valence electrons. The molecule has 0 bridgehead atoms. The molecule has 1 fully saturated rings. The van der Waals surface area contributed by atoms with Gasteiger partial charge >= 0.3 is 0 Å². The van der Waals surface area contributed by atoms with E-state index in [0.29, 0.717) is 12.0 Å². The second-order valence-corrected chi connectivity index (χ2v) is 3.83. The molecule has 2 unspecified atom stereocenters. The number of rotatable bonds is 4. The predicted octanol–water partition coefficient (Wildman–Crippen LogP) is 0.924. The van der Waals surface area contributed by atoms with Crippen LogP contribution in [-0.2, 0) is 11.3 Å². The molecule has 0 amide bonds. The molecule has 0 saturated carbocycles. The van der Waals surface area contributed by atoms with Gasteiger partial charge in [-0.3, -0.25) is 0 Å². The minimum absolute atomic E-state index is 0.502. The molecule has 2 heterocycles. The van der Waals surface area contributed by atoms with E-state index in [9.17, 15) is 0 Å². The first-order valence-electron chi connectivity index (χ1n) is 5.15. The highest BCUT2D eigenvalue weighted by Crippen LogP contribution is 2.16. The summed E-state index contributed by atoms with van der Waals surface area (Å²) >= 11 is 0. The van der Waals surface area contributed by atoms with Gasteiger partial charge in [-0.2, -0.15) is 0 Å². The van der Waals surface area contributed by atoms with Gasteiger partial charge in [0.15, 0.2) is 0 Å². The number of hydrogen-bond donors (Lipinski definition) is 2. The van der Waals surface area contributed by atoms with E-state index in [1.807, 2.05) is 6.20 Å². The van der Waals surface area contributed by atoms with E-state index < -0.39 is 0 Å². The van der Waals surface area contributed by atoms with Gasteiger partial charge in [-0.1, -0.05) is 0 Å². The zero-order valence-electron chi connectivity index (χ0n) is 8.49. The number of nitrogens with zero attached hydrogens (tertiary/aromatic N) is 1. The lowest BCUT2D eigenvalue weighted by Crippen LogP contribution is -2.33. The summed E-state index contributed by atoms with van der Waals surface area (Å²) in [6.07, 6.45) is 4.80. The van der Waals surface area contributed by atoms with E-state index in [2.05, 4.69) is 22.2 Å². The van der Waals surface area contributed by atoms with Crippen molar-refractivity contribution < 1.29 is 4.74 Å². The molecule has 0 aromatic carbocycles. The van der Waals surface area contributed by atoms with Crippen LogP contribution in [0, 0.1) is 5.92 Å². The molecule has 0 aliphatic carbocycles. The van der Waals surface area contributed by atoms with Gasteiger partial charge in [-0.15, -0.1) is 0 Å². The van der Waals surface area contributed by atoms with Crippen molar-refractivity contribution in [2.45, 2.75) is 25.9 Å². The molecule has 2 rings (SSSR count). The summed E-state index contributed by atoms with van der Waals surface area (Å²) in [7, 11) is 0. The van der Waals surface area contributed by atoms with Crippen LogP contribution in [0.5, 0.6) is 0 Å². The number of aromatic nitrogens is 2. The smallest absolute Gasteiger partial charge is 0.120 e. The van der Waals surface area contributed by atoms with E-state index in [1.54, 1.807) is 6.20 Å². The van der Waals surface area contributed by atoms with Crippen LogP contribution in [0.25, 0.3) is 0 Å². The number of hydrogen-bond acceptors (Lipinski definition) is 3. The Bertz CT molecular complexity index is 254. The molecule has 2 N–H and O–H groups in total. The summed E-state index contributed by atoms with van der Waals surface area (Å²) < 4.78 is 5.35. The zero-order chi connectivity index (χ0) is 9.80. The van der Waals surface area contributed by atoms with E-state index in [1.165, 1.54) is 6.42 Å². The minimum Gasteiger partial charge on any atom is -0.381 e. The van der Waals surface area contributed by atoms with Crippen LogP contribution in [0.3, 0.4) is 0 Å². The second kappa shape index (κ2) is 4.57. The molecule has 0 spiro atoms. The Balaban J connectivity index is 1.74. The molecule has 0 radical (unpaired) electrons. The number of ether oxygens (including phenoxy) is 1. The lowest BCUT2D eigenvalue weighted by atomic mass is 10.0. The van der Waals surface area contributed by atoms with E-state index in [-0.39, 0.29) is 0 Å². The first kappa shape index (κ1) is 9.68. The van der Waals surface area contributed by atoms with Crippen molar-refractivity contribution in [1.82, 2.24) is 15.3 Å². The molecule has 1 aliphatic heterocycles. The monoisotopic (exact) mass is 195 g/mol. The van der Waals surface area contributed by atoms with Crippen LogP contribution in [0.4, 0.5) is 0 Å². The summed E-state index contributed by atoms with van der Waals surface area (Å²) in [5, 5.41) is 3.45. The third kappa shape index (κ3) is 2.33. The highest BCUT2D eigenvalue weighted by Gasteiger charge is 2.21. The van der Waals surface area contributed by atoms with E-state index in [0.717, 1.165) is 25.6 Å².